The zero-order valence-electron chi connectivity index (χ0n) is 11.6. The molecule has 0 spiro atoms. The van der Waals surface area contributed by atoms with Gasteiger partial charge in [0.2, 0.25) is 0 Å². The number of nitrogens with zero attached hydrogens (tertiary/aromatic N) is 3. The van der Waals surface area contributed by atoms with Gasteiger partial charge in [-0.3, -0.25) is 14.4 Å². The van der Waals surface area contributed by atoms with E-state index in [0.29, 0.717) is 15.1 Å². The first-order valence-electron chi connectivity index (χ1n) is 6.55. The Kier molecular flexibility index (Phi) is 3.37. The highest BCUT2D eigenvalue weighted by atomic mass is 16.7. The summed E-state index contributed by atoms with van der Waals surface area (Å²) in [5.74, 6) is -1.33. The Bertz CT molecular complexity index is 662. The summed E-state index contributed by atoms with van der Waals surface area (Å²) in [6, 6.07) is 6.14. The lowest BCUT2D eigenvalue weighted by Gasteiger charge is -2.20. The van der Waals surface area contributed by atoms with Gasteiger partial charge in [-0.1, -0.05) is 12.1 Å². The largest absolute Gasteiger partial charge is 0.464 e. The van der Waals surface area contributed by atoms with Crippen molar-refractivity contribution < 1.29 is 34.2 Å². The molecule has 0 atom stereocenters. The average Bonchev–Trinajstić information content (AvgIpc) is 3.04. The number of hydrogen-bond acceptors (Lipinski definition) is 5. The maximum Gasteiger partial charge on any atom is 0.426 e. The van der Waals surface area contributed by atoms with E-state index in [1.54, 1.807) is 12.1 Å². The molecular formula is C13H11N3O7. The Labute approximate surface area is 129 Å². The third-order valence-corrected chi connectivity index (χ3v) is 3.50. The topological polar surface area (TPSA) is 128 Å². The molecule has 23 heavy (non-hydrogen) atoms. The van der Waals surface area contributed by atoms with Gasteiger partial charge in [0.25, 0.3) is 11.8 Å². The molecule has 10 heteroatoms. The second kappa shape index (κ2) is 5.25. The molecule has 1 aromatic carbocycles. The lowest BCUT2D eigenvalue weighted by molar-refractivity contribution is -0.124. The second-order valence-electron chi connectivity index (χ2n) is 4.91. The molecule has 0 aromatic heterocycles. The Balaban J connectivity index is 1.77. The zero-order chi connectivity index (χ0) is 16.7. The van der Waals surface area contributed by atoms with Crippen molar-refractivity contribution in [1.82, 2.24) is 15.1 Å². The van der Waals surface area contributed by atoms with Crippen LogP contribution in [0.4, 0.5) is 9.59 Å². The van der Waals surface area contributed by atoms with Crippen LogP contribution in [0.3, 0.4) is 0 Å². The number of hydroxylamine groups is 2. The number of hydrogen-bond donors (Lipinski definition) is 2. The third-order valence-electron chi connectivity index (χ3n) is 3.50. The summed E-state index contributed by atoms with van der Waals surface area (Å²) < 4.78 is 0. The quantitative estimate of drug-likeness (QED) is 0.758. The molecule has 0 radical (unpaired) electrons. The van der Waals surface area contributed by atoms with Crippen LogP contribution in [0.1, 0.15) is 20.7 Å². The summed E-state index contributed by atoms with van der Waals surface area (Å²) >= 11 is 0. The smallest absolute Gasteiger partial charge is 0.426 e. The van der Waals surface area contributed by atoms with Crippen molar-refractivity contribution in [2.75, 3.05) is 13.1 Å². The highest BCUT2D eigenvalue weighted by molar-refractivity contribution is 6.20. The van der Waals surface area contributed by atoms with E-state index in [9.17, 15) is 19.2 Å². The van der Waals surface area contributed by atoms with Gasteiger partial charge in [-0.25, -0.2) is 19.6 Å². The minimum Gasteiger partial charge on any atom is -0.464 e. The molecule has 4 amide bonds. The predicted octanol–water partition coefficient (Wildman–Crippen LogP) is 0.471. The normalized spacial score (nSPS) is 17.8. The van der Waals surface area contributed by atoms with Crippen LogP contribution < -0.4 is 0 Å². The number of imide groups is 1. The monoisotopic (exact) mass is 321 g/mol. The number of carboxylic acid groups (broad SMARTS) is 2. The van der Waals surface area contributed by atoms with E-state index < -0.39 is 30.1 Å². The summed E-state index contributed by atoms with van der Waals surface area (Å²) in [5, 5.41) is 19.6. The van der Waals surface area contributed by atoms with Gasteiger partial charge >= 0.3 is 12.2 Å². The van der Waals surface area contributed by atoms with Crippen LogP contribution in [0.5, 0.6) is 0 Å². The molecule has 120 valence electrons. The van der Waals surface area contributed by atoms with Crippen molar-refractivity contribution in [2.24, 2.45) is 0 Å². The molecule has 0 bridgehead atoms. The van der Waals surface area contributed by atoms with Crippen molar-refractivity contribution in [2.45, 2.75) is 6.10 Å². The van der Waals surface area contributed by atoms with Crippen LogP contribution in [-0.2, 0) is 4.84 Å². The molecule has 0 unspecified atom stereocenters. The molecule has 2 aliphatic heterocycles. The Morgan fingerprint density at radius 3 is 1.78 bits per heavy atom. The number of benzene rings is 1. The highest BCUT2D eigenvalue weighted by Gasteiger charge is 2.43. The summed E-state index contributed by atoms with van der Waals surface area (Å²) in [7, 11) is 0. The first-order chi connectivity index (χ1) is 10.9. The molecule has 1 saturated heterocycles. The SMILES string of the molecule is O=C1c2ccccc2C(=O)N1OC1CN(C(=O)O)N(C(=O)O)C1. The molecule has 0 aliphatic carbocycles. The molecule has 0 saturated carbocycles. The number of amides is 4. The molecular weight excluding hydrogens is 310 g/mol. The number of carbonyl (C=O) groups excluding carboxylic acids is 2. The number of rotatable bonds is 2. The van der Waals surface area contributed by atoms with Gasteiger partial charge in [0.1, 0.15) is 6.10 Å². The van der Waals surface area contributed by atoms with Gasteiger partial charge < -0.3 is 10.2 Å². The maximum absolute atomic E-state index is 12.1. The van der Waals surface area contributed by atoms with Gasteiger partial charge in [-0.05, 0) is 12.1 Å². The minimum absolute atomic E-state index is 0.181. The summed E-state index contributed by atoms with van der Waals surface area (Å²) in [5.41, 5.74) is 0.362. The Morgan fingerprint density at radius 1 is 0.957 bits per heavy atom. The van der Waals surface area contributed by atoms with E-state index in [1.807, 2.05) is 0 Å². The summed E-state index contributed by atoms with van der Waals surface area (Å²) in [4.78, 5) is 51.6. The molecule has 10 nitrogen and oxygen atoms in total. The van der Waals surface area contributed by atoms with Crippen LogP contribution in [0, 0.1) is 0 Å². The van der Waals surface area contributed by atoms with Gasteiger partial charge in [-0.2, -0.15) is 0 Å². The fourth-order valence-electron chi connectivity index (χ4n) is 2.48. The fourth-order valence-corrected chi connectivity index (χ4v) is 2.48. The van der Waals surface area contributed by atoms with E-state index in [-0.39, 0.29) is 24.2 Å². The maximum atomic E-state index is 12.1. The lowest BCUT2D eigenvalue weighted by Crippen LogP contribution is -2.43. The van der Waals surface area contributed by atoms with E-state index in [2.05, 4.69) is 0 Å². The summed E-state index contributed by atoms with van der Waals surface area (Å²) in [6.45, 7) is -0.621. The average molecular weight is 321 g/mol. The van der Waals surface area contributed by atoms with Crippen LogP contribution in [0.25, 0.3) is 0 Å². The Morgan fingerprint density at radius 2 is 1.39 bits per heavy atom. The second-order valence-corrected chi connectivity index (χ2v) is 4.91. The van der Waals surface area contributed by atoms with Crippen molar-refractivity contribution in [3.8, 4) is 0 Å². The molecule has 1 fully saturated rings. The van der Waals surface area contributed by atoms with Crippen LogP contribution in [0.2, 0.25) is 0 Å². The predicted molar refractivity (Wildman–Crippen MR) is 71.3 cm³/mol. The van der Waals surface area contributed by atoms with Crippen molar-refractivity contribution in [3.05, 3.63) is 35.4 Å². The molecule has 2 N–H and O–H groups in total. The van der Waals surface area contributed by atoms with Crippen LogP contribution in [-0.4, -0.2) is 68.5 Å². The number of fused-ring (bicyclic) bond motifs is 1. The van der Waals surface area contributed by atoms with Gasteiger partial charge in [0.05, 0.1) is 24.2 Å². The molecule has 2 aliphatic rings. The number of carbonyl (C=O) groups is 4. The highest BCUT2D eigenvalue weighted by Crippen LogP contribution is 2.25. The lowest BCUT2D eigenvalue weighted by atomic mass is 10.1. The number of hydrazine groups is 1. The minimum atomic E-state index is -1.47. The molecule has 3 rings (SSSR count). The van der Waals surface area contributed by atoms with E-state index >= 15 is 0 Å². The first kappa shape index (κ1) is 14.8. The van der Waals surface area contributed by atoms with Crippen molar-refractivity contribution >= 4 is 24.0 Å². The molecule has 1 aromatic rings. The fraction of sp³-hybridized carbons (Fsp3) is 0.231. The third kappa shape index (κ3) is 2.34. The van der Waals surface area contributed by atoms with Gasteiger partial charge in [0.15, 0.2) is 0 Å². The van der Waals surface area contributed by atoms with Gasteiger partial charge in [0, 0.05) is 0 Å². The standard InChI is InChI=1S/C13H11N3O7/c17-10-8-3-1-2-4-9(8)11(18)16(10)23-7-5-14(12(19)20)15(6-7)13(21)22/h1-4,7H,5-6H2,(H,19,20)(H,21,22). The van der Waals surface area contributed by atoms with Crippen molar-refractivity contribution in [1.29, 1.82) is 0 Å². The summed E-state index contributed by atoms with van der Waals surface area (Å²) in [6.07, 6.45) is -3.91. The van der Waals surface area contributed by atoms with E-state index in [1.165, 1.54) is 12.1 Å². The van der Waals surface area contributed by atoms with Crippen LogP contribution in [0.15, 0.2) is 24.3 Å². The zero-order valence-corrected chi connectivity index (χ0v) is 11.6. The van der Waals surface area contributed by atoms with E-state index in [0.717, 1.165) is 0 Å². The van der Waals surface area contributed by atoms with Crippen molar-refractivity contribution in [3.63, 3.8) is 0 Å². The Hall–Kier alpha value is -3.14. The molecule has 2 heterocycles. The van der Waals surface area contributed by atoms with Gasteiger partial charge in [-0.15, -0.1) is 5.06 Å². The van der Waals surface area contributed by atoms with Crippen LogP contribution >= 0.6 is 0 Å². The van der Waals surface area contributed by atoms with E-state index in [4.69, 9.17) is 15.1 Å². The first-order valence-corrected chi connectivity index (χ1v) is 6.55.